The number of amides is 1. The van der Waals surface area contributed by atoms with Gasteiger partial charge in [-0.15, -0.1) is 0 Å². The predicted octanol–water partition coefficient (Wildman–Crippen LogP) is 6.88. The van der Waals surface area contributed by atoms with Crippen LogP contribution < -0.4 is 9.64 Å². The van der Waals surface area contributed by atoms with Crippen LogP contribution in [0, 0.1) is 24.7 Å². The van der Waals surface area contributed by atoms with Crippen LogP contribution in [0.15, 0.2) is 47.4 Å². The molecule has 0 N–H and O–H groups in total. The van der Waals surface area contributed by atoms with Crippen molar-refractivity contribution in [3.63, 3.8) is 0 Å². The molecule has 3 nitrogen and oxygen atoms in total. The summed E-state index contributed by atoms with van der Waals surface area (Å²) in [7, 11) is 1.70. The van der Waals surface area contributed by atoms with Crippen LogP contribution in [0.1, 0.15) is 55.2 Å². The lowest BCUT2D eigenvalue weighted by Crippen LogP contribution is -2.48. The van der Waals surface area contributed by atoms with Crippen molar-refractivity contribution in [2.45, 2.75) is 50.9 Å². The van der Waals surface area contributed by atoms with Gasteiger partial charge in [0.25, 0.3) is 5.91 Å². The lowest BCUT2D eigenvalue weighted by atomic mass is 9.48. The lowest BCUT2D eigenvalue weighted by molar-refractivity contribution is -0.113. The Hall–Kier alpha value is -2.11. The van der Waals surface area contributed by atoms with Gasteiger partial charge in [-0.25, -0.2) is 0 Å². The summed E-state index contributed by atoms with van der Waals surface area (Å²) < 4.78 is 6.29. The minimum Gasteiger partial charge on any atom is -0.496 e. The van der Waals surface area contributed by atoms with Gasteiger partial charge in [-0.3, -0.25) is 9.69 Å². The summed E-state index contributed by atoms with van der Waals surface area (Å²) in [4.78, 5) is 15.7. The first-order valence-electron chi connectivity index (χ1n) is 12.0. The van der Waals surface area contributed by atoms with E-state index in [1.165, 1.54) is 55.9 Å². The molecule has 4 aliphatic carbocycles. The maximum Gasteiger partial charge on any atom is 0.270 e. The molecule has 0 atom stereocenters. The van der Waals surface area contributed by atoms with Gasteiger partial charge in [0.15, 0.2) is 4.32 Å². The number of anilines is 1. The molecule has 2 aromatic rings. The van der Waals surface area contributed by atoms with Gasteiger partial charge in [-0.2, -0.15) is 0 Å². The molecule has 4 saturated carbocycles. The smallest absolute Gasteiger partial charge is 0.270 e. The van der Waals surface area contributed by atoms with Crippen LogP contribution in [0.4, 0.5) is 5.69 Å². The summed E-state index contributed by atoms with van der Waals surface area (Å²) in [6.07, 6.45) is 10.2. The minimum absolute atomic E-state index is 0.0541. The molecule has 0 unspecified atom stereocenters. The number of nitrogens with zero attached hydrogens (tertiary/aromatic N) is 1. The summed E-state index contributed by atoms with van der Waals surface area (Å²) in [6.45, 7) is 2.01. The summed E-state index contributed by atoms with van der Waals surface area (Å²) in [5.41, 5.74) is 4.62. The summed E-state index contributed by atoms with van der Waals surface area (Å²) in [6, 6.07) is 14.6. The van der Waals surface area contributed by atoms with Crippen LogP contribution in [-0.2, 0) is 10.2 Å². The normalized spacial score (nSPS) is 31.6. The molecular formula is C28H29NO2S2. The van der Waals surface area contributed by atoms with Crippen molar-refractivity contribution in [2.75, 3.05) is 12.0 Å². The van der Waals surface area contributed by atoms with Crippen molar-refractivity contribution >= 4 is 46.0 Å². The molecule has 5 fully saturated rings. The Labute approximate surface area is 205 Å². The van der Waals surface area contributed by atoms with Gasteiger partial charge >= 0.3 is 0 Å². The Balaban J connectivity index is 1.36. The van der Waals surface area contributed by atoms with Crippen LogP contribution in [-0.4, -0.2) is 17.3 Å². The number of thiocarbonyl (C=S) groups is 1. The van der Waals surface area contributed by atoms with Gasteiger partial charge in [0.1, 0.15) is 5.75 Å². The zero-order valence-electron chi connectivity index (χ0n) is 19.2. The third-order valence-corrected chi connectivity index (χ3v) is 9.62. The average Bonchev–Trinajstić information content (AvgIpc) is 3.06. The minimum atomic E-state index is -0.0541. The molecule has 1 heterocycles. The highest BCUT2D eigenvalue weighted by molar-refractivity contribution is 8.27. The second-order valence-corrected chi connectivity index (χ2v) is 12.1. The monoisotopic (exact) mass is 475 g/mol. The fourth-order valence-corrected chi connectivity index (χ4v) is 8.55. The van der Waals surface area contributed by atoms with Crippen molar-refractivity contribution in [3.8, 4) is 5.75 Å². The molecule has 7 rings (SSSR count). The van der Waals surface area contributed by atoms with Gasteiger partial charge in [0.2, 0.25) is 0 Å². The maximum absolute atomic E-state index is 13.4. The lowest BCUT2D eigenvalue weighted by Gasteiger charge is -2.57. The van der Waals surface area contributed by atoms with E-state index >= 15 is 0 Å². The van der Waals surface area contributed by atoms with Crippen LogP contribution in [0.2, 0.25) is 0 Å². The van der Waals surface area contributed by atoms with E-state index in [9.17, 15) is 4.79 Å². The number of para-hydroxylation sites is 1. The van der Waals surface area contributed by atoms with E-state index in [0.717, 1.165) is 40.3 Å². The van der Waals surface area contributed by atoms with Crippen LogP contribution in [0.3, 0.4) is 0 Å². The first kappa shape index (κ1) is 21.4. The zero-order chi connectivity index (χ0) is 22.7. The number of aryl methyl sites for hydroxylation is 1. The quantitative estimate of drug-likeness (QED) is 0.356. The highest BCUT2D eigenvalue weighted by atomic mass is 32.2. The van der Waals surface area contributed by atoms with Gasteiger partial charge in [0.05, 0.1) is 17.7 Å². The molecule has 5 aliphatic rings. The van der Waals surface area contributed by atoms with E-state index in [1.807, 2.05) is 37.3 Å². The van der Waals surface area contributed by atoms with Crippen LogP contribution >= 0.6 is 24.0 Å². The molecule has 1 aliphatic heterocycles. The molecule has 170 valence electrons. The van der Waals surface area contributed by atoms with E-state index in [4.69, 9.17) is 17.0 Å². The van der Waals surface area contributed by atoms with Gasteiger partial charge < -0.3 is 4.74 Å². The Kier molecular flexibility index (Phi) is 5.19. The molecular weight excluding hydrogens is 446 g/mol. The zero-order valence-corrected chi connectivity index (χ0v) is 20.8. The molecule has 0 radical (unpaired) electrons. The van der Waals surface area contributed by atoms with Crippen LogP contribution in [0.5, 0.6) is 5.75 Å². The van der Waals surface area contributed by atoms with E-state index < -0.39 is 0 Å². The molecule has 1 saturated heterocycles. The van der Waals surface area contributed by atoms with Crippen molar-refractivity contribution in [3.05, 3.63) is 64.1 Å². The number of carbonyl (C=O) groups excluding carboxylic acids is 1. The van der Waals surface area contributed by atoms with Crippen LogP contribution in [0.25, 0.3) is 6.08 Å². The van der Waals surface area contributed by atoms with E-state index in [0.29, 0.717) is 14.6 Å². The Morgan fingerprint density at radius 1 is 1.06 bits per heavy atom. The number of hydrogen-bond donors (Lipinski definition) is 0. The molecule has 33 heavy (non-hydrogen) atoms. The molecule has 2 aromatic carbocycles. The SMILES string of the molecule is COc1ccc(C23CC4CC(CC(C4)C2)C3)cc1/C=C1/SC(=S)N(c2ccccc2C)C1=O. The molecule has 1 amide bonds. The number of methoxy groups -OCH3 is 1. The topological polar surface area (TPSA) is 29.5 Å². The van der Waals surface area contributed by atoms with Gasteiger partial charge in [-0.1, -0.05) is 48.2 Å². The van der Waals surface area contributed by atoms with E-state index in [-0.39, 0.29) is 5.91 Å². The largest absolute Gasteiger partial charge is 0.496 e. The van der Waals surface area contributed by atoms with Gasteiger partial charge in [-0.05, 0) is 104 Å². The maximum atomic E-state index is 13.4. The standard InChI is InChI=1S/C28H29NO2S2/c1-17-5-3-4-6-23(17)29-26(30)25(33-27(29)32)13-21-12-22(7-8-24(21)31-2)28-14-18-9-19(15-28)11-20(10-18)16-28/h3-8,12-13,18-20H,9-11,14-16H2,1-2H3/b25-13+. The highest BCUT2D eigenvalue weighted by Crippen LogP contribution is 2.61. The van der Waals surface area contributed by atoms with Crippen molar-refractivity contribution in [1.82, 2.24) is 0 Å². The Morgan fingerprint density at radius 3 is 2.36 bits per heavy atom. The van der Waals surface area contributed by atoms with Crippen molar-refractivity contribution < 1.29 is 9.53 Å². The van der Waals surface area contributed by atoms with Gasteiger partial charge in [0, 0.05) is 5.56 Å². The number of benzene rings is 2. The van der Waals surface area contributed by atoms with Crippen molar-refractivity contribution in [2.24, 2.45) is 17.8 Å². The number of thioether (sulfide) groups is 1. The Bertz CT molecular complexity index is 1150. The predicted molar refractivity (Wildman–Crippen MR) is 140 cm³/mol. The first-order valence-corrected chi connectivity index (χ1v) is 13.2. The fraction of sp³-hybridized carbons (Fsp3) is 0.429. The average molecular weight is 476 g/mol. The fourth-order valence-electron chi connectivity index (χ4n) is 7.27. The summed E-state index contributed by atoms with van der Waals surface area (Å²) in [5, 5.41) is 0. The summed E-state index contributed by atoms with van der Waals surface area (Å²) >= 11 is 6.99. The molecule has 0 spiro atoms. The van der Waals surface area contributed by atoms with E-state index in [1.54, 1.807) is 12.0 Å². The molecule has 4 bridgehead atoms. The number of rotatable bonds is 4. The third-order valence-electron chi connectivity index (χ3n) is 8.32. The van der Waals surface area contributed by atoms with E-state index in [2.05, 4.69) is 18.2 Å². The second-order valence-electron chi connectivity index (χ2n) is 10.5. The second kappa shape index (κ2) is 7.99. The highest BCUT2D eigenvalue weighted by Gasteiger charge is 2.51. The molecule has 0 aromatic heterocycles. The number of ether oxygens (including phenoxy) is 1. The Morgan fingerprint density at radius 2 is 1.73 bits per heavy atom. The molecule has 5 heteroatoms. The summed E-state index contributed by atoms with van der Waals surface area (Å²) in [5.74, 6) is 3.44. The number of hydrogen-bond acceptors (Lipinski definition) is 4. The first-order chi connectivity index (χ1) is 16.0. The third kappa shape index (κ3) is 3.55. The van der Waals surface area contributed by atoms with Crippen molar-refractivity contribution in [1.29, 1.82) is 0 Å². The number of carbonyl (C=O) groups is 1.